The number of likely N-dealkylation sites (tertiary alicyclic amines) is 1. The summed E-state index contributed by atoms with van der Waals surface area (Å²) in [6.45, 7) is 1.59. The Balaban J connectivity index is 1.43. The number of carboxylic acids is 1. The number of carboxylic acid groups (broad SMARTS) is 1. The van der Waals surface area contributed by atoms with Crippen molar-refractivity contribution in [1.82, 2.24) is 15.2 Å². The Labute approximate surface area is 156 Å². The fourth-order valence-corrected chi connectivity index (χ4v) is 5.38. The molecule has 2 N–H and O–H groups in total. The number of nitrogens with zero attached hydrogens (tertiary/aromatic N) is 2. The first-order valence-electron chi connectivity index (χ1n) is 8.98. The van der Waals surface area contributed by atoms with Gasteiger partial charge in [0.2, 0.25) is 5.91 Å². The van der Waals surface area contributed by atoms with Gasteiger partial charge in [-0.05, 0) is 19.3 Å². The number of amides is 1. The minimum absolute atomic E-state index is 0.0966. The van der Waals surface area contributed by atoms with E-state index in [-0.39, 0.29) is 11.6 Å². The van der Waals surface area contributed by atoms with E-state index in [0.717, 1.165) is 23.1 Å². The van der Waals surface area contributed by atoms with Gasteiger partial charge in [0, 0.05) is 42.7 Å². The molecule has 1 atom stereocenters. The van der Waals surface area contributed by atoms with Crippen LogP contribution >= 0.6 is 23.1 Å². The molecule has 8 heteroatoms. The summed E-state index contributed by atoms with van der Waals surface area (Å²) in [4.78, 5) is 29.1. The van der Waals surface area contributed by atoms with Gasteiger partial charge in [0.1, 0.15) is 0 Å². The van der Waals surface area contributed by atoms with Crippen LogP contribution in [0.3, 0.4) is 0 Å². The highest BCUT2D eigenvalue weighted by Gasteiger charge is 2.30. The second kappa shape index (κ2) is 9.00. The van der Waals surface area contributed by atoms with Crippen LogP contribution in [0.1, 0.15) is 55.4 Å². The number of aromatic carboxylic acids is 1. The fourth-order valence-electron chi connectivity index (χ4n) is 3.58. The number of aromatic nitrogens is 1. The maximum Gasteiger partial charge on any atom is 0.355 e. The molecule has 1 aliphatic heterocycles. The third-order valence-electron chi connectivity index (χ3n) is 4.96. The highest BCUT2D eigenvalue weighted by Crippen LogP contribution is 2.25. The monoisotopic (exact) mass is 383 g/mol. The van der Waals surface area contributed by atoms with Gasteiger partial charge in [-0.15, -0.1) is 11.3 Å². The van der Waals surface area contributed by atoms with Crippen LogP contribution in [-0.2, 0) is 4.79 Å². The van der Waals surface area contributed by atoms with E-state index in [2.05, 4.69) is 10.3 Å². The lowest BCUT2D eigenvalue weighted by molar-refractivity contribution is -0.128. The van der Waals surface area contributed by atoms with Crippen molar-refractivity contribution >= 4 is 35.0 Å². The third kappa shape index (κ3) is 5.18. The third-order valence-corrected chi connectivity index (χ3v) is 6.96. The molecule has 2 aliphatic rings. The fraction of sp³-hybridized carbons (Fsp3) is 0.706. The number of hydrogen-bond donors (Lipinski definition) is 2. The van der Waals surface area contributed by atoms with Crippen molar-refractivity contribution in [3.05, 3.63) is 11.1 Å². The summed E-state index contributed by atoms with van der Waals surface area (Å²) in [5.41, 5.74) is 0.0966. The predicted molar refractivity (Wildman–Crippen MR) is 99.4 cm³/mol. The summed E-state index contributed by atoms with van der Waals surface area (Å²) >= 11 is 2.87. The largest absolute Gasteiger partial charge is 0.476 e. The molecule has 1 amide bonds. The summed E-state index contributed by atoms with van der Waals surface area (Å²) in [6.07, 6.45) is 8.07. The van der Waals surface area contributed by atoms with E-state index >= 15 is 0 Å². The molecule has 1 saturated heterocycles. The summed E-state index contributed by atoms with van der Waals surface area (Å²) < 4.78 is 0.751. The first-order chi connectivity index (χ1) is 12.1. The molecular formula is C17H25N3O3S2. The van der Waals surface area contributed by atoms with Crippen LogP contribution in [0.4, 0.5) is 0 Å². The lowest BCUT2D eigenvalue weighted by Crippen LogP contribution is -2.44. The van der Waals surface area contributed by atoms with Crippen molar-refractivity contribution in [2.24, 2.45) is 0 Å². The number of thioether (sulfide) groups is 1. The highest BCUT2D eigenvalue weighted by atomic mass is 32.2. The van der Waals surface area contributed by atoms with Gasteiger partial charge in [0.05, 0.1) is 0 Å². The van der Waals surface area contributed by atoms with Crippen LogP contribution in [0, 0.1) is 0 Å². The molecule has 3 rings (SSSR count). The molecule has 1 aromatic rings. The Morgan fingerprint density at radius 1 is 1.36 bits per heavy atom. The molecule has 138 valence electrons. The van der Waals surface area contributed by atoms with Gasteiger partial charge in [0.25, 0.3) is 0 Å². The van der Waals surface area contributed by atoms with E-state index in [0.29, 0.717) is 25.0 Å². The molecule has 1 aliphatic carbocycles. The Hall–Kier alpha value is -1.12. The van der Waals surface area contributed by atoms with Crippen molar-refractivity contribution < 1.29 is 14.7 Å². The Morgan fingerprint density at radius 3 is 2.88 bits per heavy atom. The van der Waals surface area contributed by atoms with Crippen LogP contribution in [0.25, 0.3) is 0 Å². The van der Waals surface area contributed by atoms with Gasteiger partial charge in [-0.25, -0.2) is 9.78 Å². The number of hydrogen-bond acceptors (Lipinski definition) is 6. The summed E-state index contributed by atoms with van der Waals surface area (Å²) in [5, 5.41) is 14.1. The second-order valence-corrected chi connectivity index (χ2v) is 8.88. The number of carbonyl (C=O) groups excluding carboxylic acids is 1. The second-order valence-electron chi connectivity index (χ2n) is 6.68. The molecule has 2 fully saturated rings. The molecule has 0 radical (unpaired) electrons. The summed E-state index contributed by atoms with van der Waals surface area (Å²) in [7, 11) is 0. The number of nitrogens with one attached hydrogen (secondary N) is 1. The van der Waals surface area contributed by atoms with E-state index in [9.17, 15) is 9.59 Å². The highest BCUT2D eigenvalue weighted by molar-refractivity contribution is 8.01. The lowest BCUT2D eigenvalue weighted by Gasteiger charge is -2.29. The molecule has 6 nitrogen and oxygen atoms in total. The maximum absolute atomic E-state index is 12.2. The van der Waals surface area contributed by atoms with Crippen molar-refractivity contribution in [2.45, 2.75) is 61.4 Å². The molecule has 0 aromatic carbocycles. The van der Waals surface area contributed by atoms with Crippen LogP contribution in [0.5, 0.6) is 0 Å². The van der Waals surface area contributed by atoms with Crippen molar-refractivity contribution in [2.75, 3.05) is 18.8 Å². The molecule has 0 unspecified atom stereocenters. The Morgan fingerprint density at radius 2 is 2.16 bits per heavy atom. The molecule has 1 saturated carbocycles. The molecule has 25 heavy (non-hydrogen) atoms. The van der Waals surface area contributed by atoms with Crippen LogP contribution in [0.2, 0.25) is 0 Å². The zero-order valence-corrected chi connectivity index (χ0v) is 15.9. The van der Waals surface area contributed by atoms with Gasteiger partial charge < -0.3 is 15.3 Å². The van der Waals surface area contributed by atoms with E-state index < -0.39 is 5.97 Å². The quantitative estimate of drug-likeness (QED) is 0.672. The van der Waals surface area contributed by atoms with Crippen molar-refractivity contribution in [3.8, 4) is 0 Å². The van der Waals surface area contributed by atoms with Crippen LogP contribution in [-0.4, -0.2) is 57.8 Å². The van der Waals surface area contributed by atoms with E-state index in [4.69, 9.17) is 5.11 Å². The topological polar surface area (TPSA) is 82.5 Å². The standard InChI is InChI=1S/C17H25N3O3S2/c21-15-7-6-13(10-18-12-4-2-1-3-5-12)20(15)8-9-24-17-19-14(11-25-17)16(22)23/h11-13,18H,1-10H2,(H,22,23)/t13-/m1/s1. The molecule has 0 spiro atoms. The van der Waals surface area contributed by atoms with E-state index in [1.165, 1.54) is 55.2 Å². The molecular weight excluding hydrogens is 358 g/mol. The SMILES string of the molecule is O=C(O)c1csc(SCCN2C(=O)CC[C@@H]2CNC2CCCCC2)n1. The average Bonchev–Trinajstić information content (AvgIpc) is 3.22. The van der Waals surface area contributed by atoms with Gasteiger partial charge in [-0.2, -0.15) is 0 Å². The normalized spacial score (nSPS) is 21.8. The zero-order valence-electron chi connectivity index (χ0n) is 14.3. The van der Waals surface area contributed by atoms with Gasteiger partial charge >= 0.3 is 5.97 Å². The summed E-state index contributed by atoms with van der Waals surface area (Å²) in [6, 6.07) is 0.909. The first kappa shape index (κ1) is 18.7. The molecule has 0 bridgehead atoms. The van der Waals surface area contributed by atoms with Gasteiger partial charge in [0.15, 0.2) is 10.0 Å². The Bertz CT molecular complexity index is 602. The minimum Gasteiger partial charge on any atom is -0.476 e. The van der Waals surface area contributed by atoms with Gasteiger partial charge in [-0.1, -0.05) is 31.0 Å². The Kier molecular flexibility index (Phi) is 6.72. The van der Waals surface area contributed by atoms with E-state index in [1.807, 2.05) is 4.90 Å². The van der Waals surface area contributed by atoms with Crippen molar-refractivity contribution in [3.63, 3.8) is 0 Å². The summed E-state index contributed by atoms with van der Waals surface area (Å²) in [5.74, 6) is -0.00815. The lowest BCUT2D eigenvalue weighted by atomic mass is 9.95. The number of carbonyl (C=O) groups is 2. The van der Waals surface area contributed by atoms with E-state index in [1.54, 1.807) is 5.38 Å². The molecule has 2 heterocycles. The van der Waals surface area contributed by atoms with Crippen LogP contribution in [0.15, 0.2) is 9.72 Å². The van der Waals surface area contributed by atoms with Crippen molar-refractivity contribution in [1.29, 1.82) is 0 Å². The van der Waals surface area contributed by atoms with Crippen LogP contribution < -0.4 is 5.32 Å². The van der Waals surface area contributed by atoms with Gasteiger partial charge in [-0.3, -0.25) is 4.79 Å². The number of thiazole rings is 1. The zero-order chi connectivity index (χ0) is 17.6. The predicted octanol–water partition coefficient (Wildman–Crippen LogP) is 2.85. The molecule has 1 aromatic heterocycles. The maximum atomic E-state index is 12.2. The average molecular weight is 384 g/mol. The first-order valence-corrected chi connectivity index (χ1v) is 10.8. The smallest absolute Gasteiger partial charge is 0.355 e. The number of rotatable bonds is 8. The minimum atomic E-state index is -0.994.